The fourth-order valence-corrected chi connectivity index (χ4v) is 3.30. The quantitative estimate of drug-likeness (QED) is 0.413. The van der Waals surface area contributed by atoms with Crippen molar-refractivity contribution in [3.63, 3.8) is 0 Å². The molecule has 8 nitrogen and oxygen atoms in total. The lowest BCUT2D eigenvalue weighted by atomic mass is 10.2. The number of aliphatic carboxylic acids is 1. The number of carboxylic acid groups (broad SMARTS) is 1. The highest BCUT2D eigenvalue weighted by molar-refractivity contribution is 8.00. The van der Waals surface area contributed by atoms with Crippen molar-refractivity contribution in [2.45, 2.75) is 17.1 Å². The van der Waals surface area contributed by atoms with E-state index in [1.165, 1.54) is 18.9 Å². The molecule has 9 heteroatoms. The van der Waals surface area contributed by atoms with Crippen LogP contribution in [0.4, 0.5) is 11.4 Å². The number of rotatable bonds is 9. The molecule has 0 saturated carbocycles. The normalized spacial score (nSPS) is 11.6. The number of hydrogen-bond acceptors (Lipinski definition) is 6. The fourth-order valence-electron chi connectivity index (χ4n) is 2.37. The first-order valence-electron chi connectivity index (χ1n) is 8.84. The van der Waals surface area contributed by atoms with E-state index in [0.717, 1.165) is 17.0 Å². The lowest BCUT2D eigenvalue weighted by Gasteiger charge is -2.15. The van der Waals surface area contributed by atoms with E-state index in [2.05, 4.69) is 10.6 Å². The molecule has 158 valence electrons. The number of amides is 2. The Morgan fingerprint density at radius 3 is 2.47 bits per heavy atom. The van der Waals surface area contributed by atoms with Crippen LogP contribution in [0.1, 0.15) is 6.92 Å². The Balaban J connectivity index is 2.02. The predicted octanol–water partition coefficient (Wildman–Crippen LogP) is 3.40. The Morgan fingerprint density at radius 1 is 1.03 bits per heavy atom. The van der Waals surface area contributed by atoms with Crippen LogP contribution in [0.5, 0.6) is 11.5 Å². The molecule has 0 aliphatic heterocycles. The van der Waals surface area contributed by atoms with Gasteiger partial charge in [-0.2, -0.15) is 0 Å². The highest BCUT2D eigenvalue weighted by atomic mass is 32.2. The van der Waals surface area contributed by atoms with Crippen LogP contribution < -0.4 is 20.1 Å². The summed E-state index contributed by atoms with van der Waals surface area (Å²) in [5.41, 5.74) is 1.02. The van der Waals surface area contributed by atoms with Gasteiger partial charge in [0.2, 0.25) is 11.8 Å². The highest BCUT2D eigenvalue weighted by Gasteiger charge is 2.17. The molecule has 0 aromatic heterocycles. The first-order chi connectivity index (χ1) is 14.3. The van der Waals surface area contributed by atoms with Gasteiger partial charge in [0.05, 0.1) is 25.2 Å². The molecule has 3 N–H and O–H groups in total. The number of benzene rings is 2. The Bertz CT molecular complexity index is 960. The van der Waals surface area contributed by atoms with Gasteiger partial charge in [-0.1, -0.05) is 6.07 Å². The van der Waals surface area contributed by atoms with E-state index < -0.39 is 17.1 Å². The molecule has 0 aliphatic rings. The summed E-state index contributed by atoms with van der Waals surface area (Å²) in [6, 6.07) is 12.0. The van der Waals surface area contributed by atoms with Gasteiger partial charge < -0.3 is 25.2 Å². The summed E-state index contributed by atoms with van der Waals surface area (Å²) in [6.45, 7) is 1.76. The smallest absolute Gasteiger partial charge is 0.328 e. The van der Waals surface area contributed by atoms with Gasteiger partial charge in [-0.15, -0.1) is 11.8 Å². The summed E-state index contributed by atoms with van der Waals surface area (Å²) in [5.74, 6) is -0.884. The average molecular weight is 430 g/mol. The van der Waals surface area contributed by atoms with E-state index in [-0.39, 0.29) is 5.91 Å². The van der Waals surface area contributed by atoms with Crippen LogP contribution in [0.15, 0.2) is 59.5 Å². The third-order valence-electron chi connectivity index (χ3n) is 3.83. The fraction of sp³-hybridized carbons (Fsp3) is 0.190. The number of carbonyl (C=O) groups excluding carboxylic acids is 2. The van der Waals surface area contributed by atoms with Gasteiger partial charge in [-0.05, 0) is 37.3 Å². The van der Waals surface area contributed by atoms with Gasteiger partial charge >= 0.3 is 5.97 Å². The van der Waals surface area contributed by atoms with Crippen LogP contribution in [-0.2, 0) is 14.4 Å². The van der Waals surface area contributed by atoms with Crippen LogP contribution in [0.25, 0.3) is 0 Å². The molecular formula is C21H22N2O6S. The standard InChI is InChI=1S/C21H22N2O6S/c1-13(21(27)23-17-8-7-15(28-2)12-18(17)29-3)30-16-6-4-5-14(11-16)22-19(24)9-10-20(25)26/h4-13H,1-3H3,(H,22,24)(H,23,27)(H,25,26)/b10-9+. The van der Waals surface area contributed by atoms with Crippen LogP contribution in [0.3, 0.4) is 0 Å². The van der Waals surface area contributed by atoms with Crippen molar-refractivity contribution < 1.29 is 29.0 Å². The number of hydrogen-bond donors (Lipinski definition) is 3. The zero-order valence-corrected chi connectivity index (χ0v) is 17.5. The van der Waals surface area contributed by atoms with E-state index >= 15 is 0 Å². The number of methoxy groups -OCH3 is 2. The average Bonchev–Trinajstić information content (AvgIpc) is 2.72. The highest BCUT2D eigenvalue weighted by Crippen LogP contribution is 2.31. The second-order valence-electron chi connectivity index (χ2n) is 6.00. The van der Waals surface area contributed by atoms with Gasteiger partial charge in [-0.25, -0.2) is 4.79 Å². The molecule has 1 unspecified atom stereocenters. The third-order valence-corrected chi connectivity index (χ3v) is 4.92. The zero-order valence-electron chi connectivity index (χ0n) is 16.7. The number of anilines is 2. The SMILES string of the molecule is COc1ccc(NC(=O)C(C)Sc2cccc(NC(=O)/C=C/C(=O)O)c2)c(OC)c1. The molecular weight excluding hydrogens is 408 g/mol. The second kappa shape index (κ2) is 10.9. The van der Waals surface area contributed by atoms with Gasteiger partial charge in [0.25, 0.3) is 0 Å². The Morgan fingerprint density at radius 2 is 1.80 bits per heavy atom. The van der Waals surface area contributed by atoms with Gasteiger partial charge in [-0.3, -0.25) is 9.59 Å². The molecule has 0 radical (unpaired) electrons. The van der Waals surface area contributed by atoms with Crippen molar-refractivity contribution >= 4 is 40.9 Å². The summed E-state index contributed by atoms with van der Waals surface area (Å²) in [4.78, 5) is 35.6. The van der Waals surface area contributed by atoms with E-state index in [1.807, 2.05) is 6.07 Å². The van der Waals surface area contributed by atoms with Crippen molar-refractivity contribution in [2.75, 3.05) is 24.9 Å². The lowest BCUT2D eigenvalue weighted by Crippen LogP contribution is -2.22. The predicted molar refractivity (Wildman–Crippen MR) is 115 cm³/mol. The van der Waals surface area contributed by atoms with Crippen molar-refractivity contribution in [3.05, 3.63) is 54.6 Å². The van der Waals surface area contributed by atoms with Crippen LogP contribution >= 0.6 is 11.8 Å². The Hall–Kier alpha value is -3.46. The van der Waals surface area contributed by atoms with Gasteiger partial charge in [0, 0.05) is 28.8 Å². The number of carbonyl (C=O) groups is 3. The summed E-state index contributed by atoms with van der Waals surface area (Å²) < 4.78 is 10.4. The van der Waals surface area contributed by atoms with Crippen LogP contribution in [-0.4, -0.2) is 42.4 Å². The number of nitrogens with one attached hydrogen (secondary N) is 2. The van der Waals surface area contributed by atoms with Crippen LogP contribution in [0.2, 0.25) is 0 Å². The maximum Gasteiger partial charge on any atom is 0.328 e. The van der Waals surface area contributed by atoms with Crippen LogP contribution in [0, 0.1) is 0 Å². The van der Waals surface area contributed by atoms with E-state index in [0.29, 0.717) is 22.9 Å². The molecule has 2 aromatic carbocycles. The lowest BCUT2D eigenvalue weighted by molar-refractivity contribution is -0.131. The third kappa shape index (κ3) is 6.85. The topological polar surface area (TPSA) is 114 Å². The van der Waals surface area contributed by atoms with E-state index in [9.17, 15) is 14.4 Å². The molecule has 1 atom stereocenters. The van der Waals surface area contributed by atoms with Crippen molar-refractivity contribution in [3.8, 4) is 11.5 Å². The van der Waals surface area contributed by atoms with Gasteiger partial charge in [0.1, 0.15) is 11.5 Å². The first kappa shape index (κ1) is 22.8. The van der Waals surface area contributed by atoms with Crippen molar-refractivity contribution in [2.24, 2.45) is 0 Å². The number of ether oxygens (including phenoxy) is 2. The molecule has 2 rings (SSSR count). The summed E-state index contributed by atoms with van der Waals surface area (Å²) in [5, 5.41) is 13.5. The maximum atomic E-state index is 12.6. The molecule has 0 heterocycles. The zero-order chi connectivity index (χ0) is 22.1. The molecule has 0 fully saturated rings. The summed E-state index contributed by atoms with van der Waals surface area (Å²) in [6.07, 6.45) is 1.69. The van der Waals surface area contributed by atoms with Crippen molar-refractivity contribution in [1.29, 1.82) is 0 Å². The van der Waals surface area contributed by atoms with E-state index in [4.69, 9.17) is 14.6 Å². The molecule has 0 bridgehead atoms. The monoisotopic (exact) mass is 430 g/mol. The van der Waals surface area contributed by atoms with E-state index in [1.54, 1.807) is 50.4 Å². The summed E-state index contributed by atoms with van der Waals surface area (Å²) in [7, 11) is 3.05. The number of carboxylic acids is 1. The second-order valence-corrected chi connectivity index (χ2v) is 7.42. The molecule has 2 aromatic rings. The maximum absolute atomic E-state index is 12.6. The number of thioether (sulfide) groups is 1. The summed E-state index contributed by atoms with van der Waals surface area (Å²) >= 11 is 1.31. The van der Waals surface area contributed by atoms with Gasteiger partial charge in [0.15, 0.2) is 0 Å². The minimum atomic E-state index is -1.21. The molecule has 0 saturated heterocycles. The Labute approximate surface area is 178 Å². The first-order valence-corrected chi connectivity index (χ1v) is 9.72. The largest absolute Gasteiger partial charge is 0.497 e. The molecule has 0 aliphatic carbocycles. The minimum Gasteiger partial charge on any atom is -0.497 e. The molecule has 0 spiro atoms. The molecule has 2 amide bonds. The van der Waals surface area contributed by atoms with Crippen molar-refractivity contribution in [1.82, 2.24) is 0 Å². The Kier molecular flexibility index (Phi) is 8.30. The minimum absolute atomic E-state index is 0.220. The molecule has 30 heavy (non-hydrogen) atoms.